The Labute approximate surface area is 150 Å². The zero-order chi connectivity index (χ0) is 17.4. The number of hydrogen-bond acceptors (Lipinski definition) is 5. The lowest BCUT2D eigenvalue weighted by atomic mass is 9.80. The molecular formula is C19H18N4OS. The van der Waals surface area contributed by atoms with Gasteiger partial charge in [0, 0.05) is 18.4 Å². The van der Waals surface area contributed by atoms with Crippen molar-refractivity contribution in [2.75, 3.05) is 5.75 Å². The molecule has 1 unspecified atom stereocenters. The highest BCUT2D eigenvalue weighted by molar-refractivity contribution is 7.99. The third-order valence-electron chi connectivity index (χ3n) is 4.58. The standard InChI is InChI=1S/C19H18N4OS/c1-3-8-25-19-21-18-20-11-15-16(23(18)22-19)9-13(10-17(15)24)14-7-5-4-6-12(14)2/h3-7,11,13H,1,8-10H2,2H3. The van der Waals surface area contributed by atoms with Gasteiger partial charge in [-0.1, -0.05) is 42.1 Å². The van der Waals surface area contributed by atoms with Gasteiger partial charge < -0.3 is 0 Å². The molecule has 5 nitrogen and oxygen atoms in total. The van der Waals surface area contributed by atoms with Crippen LogP contribution in [0.5, 0.6) is 0 Å². The number of thioether (sulfide) groups is 1. The van der Waals surface area contributed by atoms with Gasteiger partial charge in [-0.15, -0.1) is 11.7 Å². The molecule has 0 amide bonds. The van der Waals surface area contributed by atoms with E-state index < -0.39 is 0 Å². The Hall–Kier alpha value is -2.47. The molecule has 0 spiro atoms. The van der Waals surface area contributed by atoms with Gasteiger partial charge in [0.1, 0.15) is 0 Å². The summed E-state index contributed by atoms with van der Waals surface area (Å²) in [6.45, 7) is 5.81. The van der Waals surface area contributed by atoms with Crippen molar-refractivity contribution in [1.82, 2.24) is 19.6 Å². The maximum absolute atomic E-state index is 12.7. The lowest BCUT2D eigenvalue weighted by Crippen LogP contribution is -2.23. The number of aromatic nitrogens is 4. The zero-order valence-electron chi connectivity index (χ0n) is 14.0. The van der Waals surface area contributed by atoms with E-state index in [-0.39, 0.29) is 11.7 Å². The predicted molar refractivity (Wildman–Crippen MR) is 98.3 cm³/mol. The topological polar surface area (TPSA) is 60.1 Å². The summed E-state index contributed by atoms with van der Waals surface area (Å²) in [6.07, 6.45) is 4.74. The molecule has 0 N–H and O–H groups in total. The predicted octanol–water partition coefficient (Wildman–Crippen LogP) is 3.62. The van der Waals surface area contributed by atoms with Gasteiger partial charge in [0.15, 0.2) is 5.78 Å². The largest absolute Gasteiger partial charge is 0.294 e. The molecule has 0 radical (unpaired) electrons. The Morgan fingerprint density at radius 1 is 1.36 bits per heavy atom. The van der Waals surface area contributed by atoms with Crippen molar-refractivity contribution in [1.29, 1.82) is 0 Å². The van der Waals surface area contributed by atoms with Crippen LogP contribution in [0.1, 0.15) is 39.5 Å². The smallest absolute Gasteiger partial charge is 0.253 e. The second-order valence-electron chi connectivity index (χ2n) is 6.21. The van der Waals surface area contributed by atoms with Crippen molar-refractivity contribution in [2.24, 2.45) is 0 Å². The van der Waals surface area contributed by atoms with E-state index in [0.717, 1.165) is 17.9 Å². The van der Waals surface area contributed by atoms with E-state index in [0.29, 0.717) is 22.9 Å². The minimum Gasteiger partial charge on any atom is -0.294 e. The van der Waals surface area contributed by atoms with Crippen molar-refractivity contribution >= 4 is 23.3 Å². The summed E-state index contributed by atoms with van der Waals surface area (Å²) >= 11 is 1.51. The quantitative estimate of drug-likeness (QED) is 0.531. The summed E-state index contributed by atoms with van der Waals surface area (Å²) in [4.78, 5) is 21.4. The van der Waals surface area contributed by atoms with E-state index in [1.165, 1.54) is 22.9 Å². The number of fused-ring (bicyclic) bond motifs is 3. The summed E-state index contributed by atoms with van der Waals surface area (Å²) in [7, 11) is 0. The van der Waals surface area contributed by atoms with Crippen LogP contribution in [0.25, 0.3) is 5.78 Å². The molecule has 126 valence electrons. The van der Waals surface area contributed by atoms with Gasteiger partial charge in [0.2, 0.25) is 5.16 Å². The molecule has 0 saturated carbocycles. The van der Waals surface area contributed by atoms with Gasteiger partial charge in [-0.25, -0.2) is 4.98 Å². The highest BCUT2D eigenvalue weighted by atomic mass is 32.2. The van der Waals surface area contributed by atoms with E-state index in [1.807, 2.05) is 18.2 Å². The number of ketones is 1. The van der Waals surface area contributed by atoms with Crippen molar-refractivity contribution in [3.63, 3.8) is 0 Å². The number of rotatable bonds is 4. The van der Waals surface area contributed by atoms with Gasteiger partial charge >= 0.3 is 0 Å². The van der Waals surface area contributed by atoms with Crippen LogP contribution in [0.4, 0.5) is 0 Å². The molecule has 4 rings (SSSR count). The van der Waals surface area contributed by atoms with Gasteiger partial charge in [-0.3, -0.25) is 4.79 Å². The van der Waals surface area contributed by atoms with Crippen molar-refractivity contribution in [3.8, 4) is 0 Å². The van der Waals surface area contributed by atoms with Gasteiger partial charge in [0.25, 0.3) is 5.78 Å². The molecule has 6 heteroatoms. The fourth-order valence-electron chi connectivity index (χ4n) is 3.39. The lowest BCUT2D eigenvalue weighted by molar-refractivity contribution is 0.0962. The molecule has 1 atom stereocenters. The van der Waals surface area contributed by atoms with E-state index >= 15 is 0 Å². The second kappa shape index (κ2) is 6.44. The Morgan fingerprint density at radius 3 is 3.00 bits per heavy atom. The highest BCUT2D eigenvalue weighted by Gasteiger charge is 2.30. The fraction of sp³-hybridized carbons (Fsp3) is 0.263. The van der Waals surface area contributed by atoms with Gasteiger partial charge in [-0.2, -0.15) is 9.50 Å². The molecule has 1 aromatic carbocycles. The maximum atomic E-state index is 12.7. The molecule has 0 fully saturated rings. The Bertz CT molecular complexity index is 979. The van der Waals surface area contributed by atoms with Crippen LogP contribution in [-0.4, -0.2) is 31.1 Å². The van der Waals surface area contributed by atoms with Crippen LogP contribution in [0.3, 0.4) is 0 Å². The number of carbonyl (C=O) groups excluding carboxylic acids is 1. The second-order valence-corrected chi connectivity index (χ2v) is 7.20. The van der Waals surface area contributed by atoms with Crippen LogP contribution in [0.15, 0.2) is 48.3 Å². The monoisotopic (exact) mass is 350 g/mol. The van der Waals surface area contributed by atoms with Gasteiger partial charge in [0.05, 0.1) is 11.3 Å². The van der Waals surface area contributed by atoms with E-state index in [1.54, 1.807) is 10.7 Å². The molecule has 3 aromatic rings. The Kier molecular flexibility index (Phi) is 4.13. The number of nitrogens with zero attached hydrogens (tertiary/aromatic N) is 4. The first kappa shape index (κ1) is 16.0. The van der Waals surface area contributed by atoms with Crippen LogP contribution < -0.4 is 0 Å². The summed E-state index contributed by atoms with van der Waals surface area (Å²) < 4.78 is 1.74. The SMILES string of the molecule is C=CCSc1nc2ncc3c(n2n1)CC(c1ccccc1C)CC3=O. The molecule has 25 heavy (non-hydrogen) atoms. The van der Waals surface area contributed by atoms with Crippen LogP contribution in [0.2, 0.25) is 0 Å². The van der Waals surface area contributed by atoms with Crippen molar-refractivity contribution in [2.45, 2.75) is 30.8 Å². The normalized spacial score (nSPS) is 16.8. The first-order chi connectivity index (χ1) is 12.2. The zero-order valence-corrected chi connectivity index (χ0v) is 14.8. The molecule has 0 aliphatic heterocycles. The number of aryl methyl sites for hydroxylation is 1. The van der Waals surface area contributed by atoms with Crippen molar-refractivity contribution in [3.05, 3.63) is 65.5 Å². The van der Waals surface area contributed by atoms with E-state index in [9.17, 15) is 4.79 Å². The first-order valence-corrected chi connectivity index (χ1v) is 9.23. The third-order valence-corrected chi connectivity index (χ3v) is 5.41. The van der Waals surface area contributed by atoms with E-state index in [2.05, 4.69) is 40.7 Å². The average molecular weight is 350 g/mol. The summed E-state index contributed by atoms with van der Waals surface area (Å²) in [5.41, 5.74) is 4.03. The van der Waals surface area contributed by atoms with E-state index in [4.69, 9.17) is 0 Å². The maximum Gasteiger partial charge on any atom is 0.253 e. The minimum atomic E-state index is 0.125. The molecule has 1 aliphatic carbocycles. The Morgan fingerprint density at radius 2 is 2.20 bits per heavy atom. The summed E-state index contributed by atoms with van der Waals surface area (Å²) in [5, 5.41) is 5.21. The molecule has 0 bridgehead atoms. The first-order valence-electron chi connectivity index (χ1n) is 8.24. The van der Waals surface area contributed by atoms with Crippen molar-refractivity contribution < 1.29 is 4.79 Å². The molecular weight excluding hydrogens is 332 g/mol. The molecule has 0 saturated heterocycles. The summed E-state index contributed by atoms with van der Waals surface area (Å²) in [5.74, 6) is 1.58. The molecule has 2 aromatic heterocycles. The van der Waals surface area contributed by atoms with Crippen LogP contribution in [0, 0.1) is 6.92 Å². The van der Waals surface area contributed by atoms with Gasteiger partial charge in [-0.05, 0) is 30.4 Å². The van der Waals surface area contributed by atoms with Crippen LogP contribution in [-0.2, 0) is 6.42 Å². The highest BCUT2D eigenvalue weighted by Crippen LogP contribution is 2.34. The fourth-order valence-corrected chi connectivity index (χ4v) is 3.94. The minimum absolute atomic E-state index is 0.125. The number of benzene rings is 1. The number of hydrogen-bond donors (Lipinski definition) is 0. The molecule has 2 heterocycles. The lowest BCUT2D eigenvalue weighted by Gasteiger charge is -2.25. The summed E-state index contributed by atoms with van der Waals surface area (Å²) in [6, 6.07) is 8.27. The van der Waals surface area contributed by atoms with Crippen LogP contribution >= 0.6 is 11.8 Å². The number of Topliss-reactive ketones (excluding diaryl/α,β-unsaturated/α-hetero) is 1. The molecule has 1 aliphatic rings. The average Bonchev–Trinajstić information content (AvgIpc) is 3.03. The Balaban J connectivity index is 1.78. The number of carbonyl (C=O) groups is 1. The third kappa shape index (κ3) is 2.87.